The molecule has 0 saturated carbocycles. The Morgan fingerprint density at radius 1 is 0.550 bits per heavy atom. The predicted octanol–water partition coefficient (Wildman–Crippen LogP) is 2.61. The molecule has 0 aromatic carbocycles. The normalized spacial score (nSPS) is 19.8. The zero-order chi connectivity index (χ0) is 14.9. The van der Waals surface area contributed by atoms with E-state index in [1.807, 2.05) is 27.7 Å². The largest absolute Gasteiger partial charge is 0.668 e. The molecule has 0 aromatic heterocycles. The highest BCUT2D eigenvalue weighted by Crippen LogP contribution is 2.35. The van der Waals surface area contributed by atoms with Gasteiger partial charge in [0.2, 0.25) is 0 Å². The van der Waals surface area contributed by atoms with Crippen LogP contribution in [0.2, 0.25) is 0 Å². The van der Waals surface area contributed by atoms with Gasteiger partial charge in [-0.2, -0.15) is 0 Å². The molecular weight excluding hydrogens is 296 g/mol. The van der Waals surface area contributed by atoms with Gasteiger partial charge in [0.1, 0.15) is 0 Å². The first kappa shape index (κ1) is 18.2. The summed E-state index contributed by atoms with van der Waals surface area (Å²) in [5.41, 5.74) is 0. The molecule has 0 aromatic rings. The fourth-order valence-corrected chi connectivity index (χ4v) is 7.92. The van der Waals surface area contributed by atoms with Gasteiger partial charge < -0.3 is 25.9 Å². The third-order valence-corrected chi connectivity index (χ3v) is 8.66. The molecule has 0 spiro atoms. The van der Waals surface area contributed by atoms with E-state index in [2.05, 4.69) is 0 Å². The average Bonchev–Trinajstić information content (AvgIpc) is 2.43. The van der Waals surface area contributed by atoms with Crippen molar-refractivity contribution in [1.82, 2.24) is 0 Å². The van der Waals surface area contributed by atoms with Crippen LogP contribution in [0.3, 0.4) is 0 Å². The van der Waals surface area contributed by atoms with Crippen molar-refractivity contribution in [3.8, 4) is 0 Å². The summed E-state index contributed by atoms with van der Waals surface area (Å²) in [6, 6.07) is 0. The van der Waals surface area contributed by atoms with Crippen LogP contribution in [0, 0.1) is 0 Å². The molecule has 0 radical (unpaired) electrons. The van der Waals surface area contributed by atoms with Crippen LogP contribution in [-0.2, 0) is 25.9 Å². The average molecular weight is 325 g/mol. The highest BCUT2D eigenvalue weighted by molar-refractivity contribution is 6.82. The second-order valence-corrected chi connectivity index (χ2v) is 9.39. The Hall–Kier alpha value is 0.194. The molecule has 1 saturated heterocycles. The highest BCUT2D eigenvalue weighted by atomic mass is 28.6. The van der Waals surface area contributed by atoms with Crippen molar-refractivity contribution in [3.05, 3.63) is 0 Å². The lowest BCUT2D eigenvalue weighted by molar-refractivity contribution is -0.113. The van der Waals surface area contributed by atoms with Crippen molar-refractivity contribution in [2.45, 2.75) is 53.4 Å². The van der Waals surface area contributed by atoms with E-state index >= 15 is 0 Å². The van der Waals surface area contributed by atoms with E-state index in [1.54, 1.807) is 0 Å². The fraction of sp³-hybridized carbons (Fsp3) is 1.00. The predicted molar refractivity (Wildman–Crippen MR) is 78.7 cm³/mol. The van der Waals surface area contributed by atoms with Crippen LogP contribution in [0.5, 0.6) is 0 Å². The lowest BCUT2D eigenvalue weighted by Crippen LogP contribution is -2.76. The Morgan fingerprint density at radius 3 is 1.00 bits per heavy atom. The van der Waals surface area contributed by atoms with Crippen molar-refractivity contribution < 1.29 is 25.9 Å². The summed E-state index contributed by atoms with van der Waals surface area (Å²) in [6.45, 7) is 10.4. The van der Waals surface area contributed by atoms with Gasteiger partial charge in [-0.3, -0.25) is 0 Å². The Kier molecular flexibility index (Phi) is 8.45. The highest BCUT2D eigenvalue weighted by Gasteiger charge is 2.74. The molecule has 1 fully saturated rings. The Morgan fingerprint density at radius 2 is 0.800 bits per heavy atom. The number of hydrogen-bond donors (Lipinski definition) is 0. The van der Waals surface area contributed by atoms with E-state index < -0.39 is 18.1 Å². The minimum absolute atomic E-state index is 0.558. The topological polar surface area (TPSA) is 55.4 Å². The Balaban J connectivity index is 2.57. The van der Waals surface area contributed by atoms with Crippen molar-refractivity contribution in [3.63, 3.8) is 0 Å². The molecule has 0 bridgehead atoms. The first-order valence-electron chi connectivity index (χ1n) is 7.62. The zero-order valence-electron chi connectivity index (χ0n) is 13.1. The molecule has 0 unspecified atom stereocenters. The van der Waals surface area contributed by atoms with Gasteiger partial charge in [0, 0.05) is 26.4 Å². The molecule has 1 heterocycles. The van der Waals surface area contributed by atoms with Gasteiger partial charge in [0.05, 0.1) is 0 Å². The van der Waals surface area contributed by atoms with Gasteiger partial charge in [-0.1, -0.05) is 27.7 Å². The van der Waals surface area contributed by atoms with Gasteiger partial charge in [0.15, 0.2) is 0 Å². The Bertz CT molecular complexity index is 216. The Labute approximate surface area is 124 Å². The van der Waals surface area contributed by atoms with Gasteiger partial charge in [0.25, 0.3) is 0 Å². The van der Waals surface area contributed by atoms with E-state index in [0.717, 1.165) is 25.7 Å². The standard InChI is InChI=1S/C12H28O6Si2/c1-5-9-13-19(14-10-6-2)17-20(18-19,15-11-7-3)16-12-8-4/h5-12H2,1-4H3. The minimum Gasteiger partial charge on any atom is -0.352 e. The fourth-order valence-electron chi connectivity index (χ4n) is 1.54. The second-order valence-electron chi connectivity index (χ2n) is 4.60. The number of hydrogen-bond acceptors (Lipinski definition) is 6. The van der Waals surface area contributed by atoms with Crippen LogP contribution in [-0.4, -0.2) is 44.5 Å². The lowest BCUT2D eigenvalue weighted by Gasteiger charge is -2.45. The summed E-state index contributed by atoms with van der Waals surface area (Å²) in [6.07, 6.45) is 3.54. The third kappa shape index (κ3) is 5.19. The van der Waals surface area contributed by atoms with Crippen LogP contribution in [0.15, 0.2) is 0 Å². The molecule has 0 aliphatic carbocycles. The van der Waals surface area contributed by atoms with E-state index in [1.165, 1.54) is 0 Å². The summed E-state index contributed by atoms with van der Waals surface area (Å²) in [5, 5.41) is 0. The molecule has 1 rings (SSSR count). The van der Waals surface area contributed by atoms with Crippen molar-refractivity contribution in [1.29, 1.82) is 0 Å². The third-order valence-electron chi connectivity index (χ3n) is 2.43. The summed E-state index contributed by atoms with van der Waals surface area (Å²) in [4.78, 5) is 0. The minimum atomic E-state index is -3.01. The van der Waals surface area contributed by atoms with Crippen LogP contribution in [0.25, 0.3) is 0 Å². The van der Waals surface area contributed by atoms with Crippen molar-refractivity contribution >= 4 is 18.1 Å². The molecule has 0 amide bonds. The van der Waals surface area contributed by atoms with E-state index in [-0.39, 0.29) is 0 Å². The van der Waals surface area contributed by atoms with Crippen LogP contribution >= 0.6 is 0 Å². The molecule has 0 N–H and O–H groups in total. The first-order chi connectivity index (χ1) is 9.66. The molecule has 6 nitrogen and oxygen atoms in total. The summed E-state index contributed by atoms with van der Waals surface area (Å²) in [7, 11) is -6.02. The quantitative estimate of drug-likeness (QED) is 0.514. The first-order valence-corrected chi connectivity index (χ1v) is 10.9. The lowest BCUT2D eigenvalue weighted by atomic mass is 10.5. The van der Waals surface area contributed by atoms with Crippen LogP contribution in [0.4, 0.5) is 0 Å². The molecule has 1 aliphatic rings. The summed E-state index contributed by atoms with van der Waals surface area (Å²) >= 11 is 0. The van der Waals surface area contributed by atoms with Gasteiger partial charge in [-0.15, -0.1) is 0 Å². The molecule has 20 heavy (non-hydrogen) atoms. The summed E-state index contributed by atoms with van der Waals surface area (Å²) < 4.78 is 34.5. The van der Waals surface area contributed by atoms with Crippen molar-refractivity contribution in [2.24, 2.45) is 0 Å². The van der Waals surface area contributed by atoms with Gasteiger partial charge in [-0.25, -0.2) is 0 Å². The molecule has 120 valence electrons. The van der Waals surface area contributed by atoms with E-state index in [0.29, 0.717) is 26.4 Å². The molecule has 0 atom stereocenters. The smallest absolute Gasteiger partial charge is 0.352 e. The van der Waals surface area contributed by atoms with Crippen molar-refractivity contribution in [2.75, 3.05) is 26.4 Å². The SMILES string of the molecule is CCCO[Si]1(OCCC)O[Si](OCCC)(OCCC)O1. The van der Waals surface area contributed by atoms with E-state index in [9.17, 15) is 0 Å². The number of rotatable bonds is 12. The zero-order valence-corrected chi connectivity index (χ0v) is 15.1. The maximum atomic E-state index is 5.89. The van der Waals surface area contributed by atoms with Gasteiger partial charge in [-0.05, 0) is 25.7 Å². The van der Waals surface area contributed by atoms with Gasteiger partial charge >= 0.3 is 18.1 Å². The van der Waals surface area contributed by atoms with Crippen LogP contribution < -0.4 is 0 Å². The maximum Gasteiger partial charge on any atom is 0.668 e. The van der Waals surface area contributed by atoms with E-state index in [4.69, 9.17) is 25.9 Å². The molecular formula is C12H28O6Si2. The second kappa shape index (κ2) is 9.26. The monoisotopic (exact) mass is 324 g/mol. The molecule has 1 aliphatic heterocycles. The maximum absolute atomic E-state index is 5.89. The summed E-state index contributed by atoms with van der Waals surface area (Å²) in [5.74, 6) is 0. The van der Waals surface area contributed by atoms with Crippen LogP contribution in [0.1, 0.15) is 53.4 Å². The molecule has 8 heteroatoms.